The number of ether oxygens (including phenoxy) is 1. The van der Waals surface area contributed by atoms with Gasteiger partial charge >= 0.3 is 0 Å². The van der Waals surface area contributed by atoms with Crippen molar-refractivity contribution >= 4 is 23.6 Å². The third-order valence-electron chi connectivity index (χ3n) is 7.84. The molecule has 9 heteroatoms. The topological polar surface area (TPSA) is 80.6 Å². The van der Waals surface area contributed by atoms with Crippen LogP contribution in [0.1, 0.15) is 49.2 Å². The van der Waals surface area contributed by atoms with Crippen molar-refractivity contribution in [2.45, 2.75) is 51.2 Å². The van der Waals surface area contributed by atoms with E-state index in [0.717, 1.165) is 22.6 Å². The molecule has 1 aliphatic heterocycles. The minimum atomic E-state index is -0.0893. The number of hydrogen-bond acceptors (Lipinski definition) is 6. The van der Waals surface area contributed by atoms with E-state index in [-0.39, 0.29) is 29.0 Å². The van der Waals surface area contributed by atoms with E-state index in [1.54, 1.807) is 7.11 Å². The van der Waals surface area contributed by atoms with Gasteiger partial charge in [-0.25, -0.2) is 0 Å². The Morgan fingerprint density at radius 1 is 0.930 bits per heavy atom. The molecule has 1 unspecified atom stereocenters. The number of rotatable bonds is 7. The van der Waals surface area contributed by atoms with Gasteiger partial charge in [-0.15, -0.1) is 10.2 Å². The van der Waals surface area contributed by atoms with Crippen LogP contribution in [0.2, 0.25) is 0 Å². The van der Waals surface area contributed by atoms with Crippen LogP contribution in [-0.4, -0.2) is 74.9 Å². The zero-order valence-corrected chi connectivity index (χ0v) is 26.5. The van der Waals surface area contributed by atoms with Crippen molar-refractivity contribution in [2.75, 3.05) is 32.5 Å². The highest BCUT2D eigenvalue weighted by molar-refractivity contribution is 7.99. The van der Waals surface area contributed by atoms with Crippen LogP contribution in [0.25, 0.3) is 17.1 Å². The lowest BCUT2D eigenvalue weighted by Gasteiger charge is -2.40. The molecule has 8 nitrogen and oxygen atoms in total. The number of aryl methyl sites for hydroxylation is 1. The molecule has 2 amide bonds. The van der Waals surface area contributed by atoms with E-state index in [1.807, 2.05) is 101 Å². The van der Waals surface area contributed by atoms with Crippen LogP contribution in [0.15, 0.2) is 78.0 Å². The summed E-state index contributed by atoms with van der Waals surface area (Å²) in [5.74, 6) is 1.70. The van der Waals surface area contributed by atoms with Gasteiger partial charge in [0.05, 0.1) is 12.9 Å². The first-order chi connectivity index (χ1) is 20.5. The van der Waals surface area contributed by atoms with E-state index >= 15 is 0 Å². The van der Waals surface area contributed by atoms with Crippen molar-refractivity contribution < 1.29 is 14.3 Å². The lowest BCUT2D eigenvalue weighted by atomic mass is 9.86. The quantitative estimate of drug-likeness (QED) is 0.243. The number of amides is 2. The zero-order valence-electron chi connectivity index (χ0n) is 25.7. The van der Waals surface area contributed by atoms with Crippen LogP contribution in [0.3, 0.4) is 0 Å². The maximum atomic E-state index is 13.4. The van der Waals surface area contributed by atoms with Gasteiger partial charge in [0, 0.05) is 42.5 Å². The van der Waals surface area contributed by atoms with Crippen LogP contribution < -0.4 is 4.74 Å². The molecule has 0 saturated carbocycles. The summed E-state index contributed by atoms with van der Waals surface area (Å²) in [6.45, 7) is 12.0. The minimum Gasteiger partial charge on any atom is -0.497 e. The average Bonchev–Trinajstić information content (AvgIpc) is 3.43. The van der Waals surface area contributed by atoms with E-state index in [9.17, 15) is 9.59 Å². The number of benzene rings is 3. The Kier molecular flexibility index (Phi) is 8.92. The van der Waals surface area contributed by atoms with Crippen LogP contribution in [0.4, 0.5) is 0 Å². The smallest absolute Gasteiger partial charge is 0.254 e. The Bertz CT molecular complexity index is 1570. The number of methoxy groups -OCH3 is 1. The molecule has 1 saturated heterocycles. The van der Waals surface area contributed by atoms with Gasteiger partial charge in [-0.3, -0.25) is 14.2 Å². The number of carbonyl (C=O) groups excluding carboxylic acids is 2. The van der Waals surface area contributed by atoms with E-state index in [2.05, 4.69) is 31.0 Å². The second-order valence-corrected chi connectivity index (χ2v) is 13.0. The third kappa shape index (κ3) is 6.77. The Morgan fingerprint density at radius 2 is 1.60 bits per heavy atom. The van der Waals surface area contributed by atoms with Crippen LogP contribution in [0.5, 0.6) is 5.75 Å². The molecule has 0 N–H and O–H groups in total. The summed E-state index contributed by atoms with van der Waals surface area (Å²) >= 11 is 1.37. The number of nitrogens with zero attached hydrogens (tertiary/aromatic N) is 5. The van der Waals surface area contributed by atoms with Crippen molar-refractivity contribution in [2.24, 2.45) is 0 Å². The molecule has 224 valence electrons. The van der Waals surface area contributed by atoms with E-state index in [4.69, 9.17) is 4.74 Å². The Labute approximate surface area is 258 Å². The van der Waals surface area contributed by atoms with E-state index in [1.165, 1.54) is 17.3 Å². The molecular weight excluding hydrogens is 558 g/mol. The fraction of sp³-hybridized carbons (Fsp3) is 0.353. The van der Waals surface area contributed by atoms with Crippen molar-refractivity contribution in [3.8, 4) is 22.8 Å². The summed E-state index contributed by atoms with van der Waals surface area (Å²) in [6.07, 6.45) is 0. The summed E-state index contributed by atoms with van der Waals surface area (Å²) in [7, 11) is 1.64. The van der Waals surface area contributed by atoms with Gasteiger partial charge in [0.25, 0.3) is 5.91 Å². The molecule has 1 fully saturated rings. The summed E-state index contributed by atoms with van der Waals surface area (Å²) in [6, 6.07) is 23.7. The van der Waals surface area contributed by atoms with Gasteiger partial charge in [-0.2, -0.15) is 0 Å². The molecule has 0 aliphatic carbocycles. The van der Waals surface area contributed by atoms with E-state index < -0.39 is 0 Å². The normalized spacial score (nSPS) is 15.4. The molecule has 0 radical (unpaired) electrons. The molecule has 0 bridgehead atoms. The van der Waals surface area contributed by atoms with Gasteiger partial charge in [-0.05, 0) is 61.2 Å². The Morgan fingerprint density at radius 3 is 2.21 bits per heavy atom. The van der Waals surface area contributed by atoms with Gasteiger partial charge < -0.3 is 14.5 Å². The summed E-state index contributed by atoms with van der Waals surface area (Å²) in [5.41, 5.74) is 4.88. The molecule has 3 aromatic carbocycles. The Hall–Kier alpha value is -4.11. The molecule has 1 atom stereocenters. The molecule has 1 aliphatic rings. The molecule has 0 spiro atoms. The first kappa shape index (κ1) is 30.4. The lowest BCUT2D eigenvalue weighted by Crippen LogP contribution is -2.55. The molecule has 43 heavy (non-hydrogen) atoms. The second kappa shape index (κ2) is 12.6. The SMILES string of the molecule is COc1ccc(-n2c(SCC(=O)N3CCN(C(=O)c4ccc(C(C)(C)C)cc4)C(C)C3)nnc2-c2ccc(C)cc2)cc1. The largest absolute Gasteiger partial charge is 0.497 e. The maximum Gasteiger partial charge on any atom is 0.254 e. The number of thioether (sulfide) groups is 1. The summed E-state index contributed by atoms with van der Waals surface area (Å²) < 4.78 is 7.32. The zero-order chi connectivity index (χ0) is 30.7. The highest BCUT2D eigenvalue weighted by Gasteiger charge is 2.31. The number of carbonyl (C=O) groups is 2. The first-order valence-corrected chi connectivity index (χ1v) is 15.5. The number of hydrogen-bond donors (Lipinski definition) is 0. The highest BCUT2D eigenvalue weighted by atomic mass is 32.2. The standard InChI is InChI=1S/C34H39N5O3S/c1-23-7-9-25(10-8-23)31-35-36-33(39(31)28-15-17-29(42-6)18-16-28)43-22-30(40)37-19-20-38(24(2)21-37)32(41)26-11-13-27(14-12-26)34(3,4)5/h7-18,24H,19-22H2,1-6H3. The predicted octanol–water partition coefficient (Wildman–Crippen LogP) is 6.01. The van der Waals surface area contributed by atoms with Crippen molar-refractivity contribution in [1.29, 1.82) is 0 Å². The first-order valence-electron chi connectivity index (χ1n) is 14.5. The molecule has 1 aromatic heterocycles. The summed E-state index contributed by atoms with van der Waals surface area (Å²) in [4.78, 5) is 30.4. The molecule has 2 heterocycles. The van der Waals surface area contributed by atoms with Gasteiger partial charge in [0.15, 0.2) is 11.0 Å². The van der Waals surface area contributed by atoms with Crippen LogP contribution in [-0.2, 0) is 10.2 Å². The number of aromatic nitrogens is 3. The molecule has 4 aromatic rings. The van der Waals surface area contributed by atoms with Crippen LogP contribution >= 0.6 is 11.8 Å². The fourth-order valence-electron chi connectivity index (χ4n) is 5.20. The highest BCUT2D eigenvalue weighted by Crippen LogP contribution is 2.30. The lowest BCUT2D eigenvalue weighted by molar-refractivity contribution is -0.130. The van der Waals surface area contributed by atoms with E-state index in [0.29, 0.717) is 36.2 Å². The van der Waals surface area contributed by atoms with Crippen molar-refractivity contribution in [1.82, 2.24) is 24.6 Å². The minimum absolute atomic E-state index is 0.00524. The number of piperazine rings is 1. The average molecular weight is 598 g/mol. The predicted molar refractivity (Wildman–Crippen MR) is 171 cm³/mol. The van der Waals surface area contributed by atoms with Crippen molar-refractivity contribution in [3.05, 3.63) is 89.5 Å². The van der Waals surface area contributed by atoms with Gasteiger partial charge in [-0.1, -0.05) is 74.5 Å². The monoisotopic (exact) mass is 597 g/mol. The maximum absolute atomic E-state index is 13.4. The Balaban J connectivity index is 1.27. The van der Waals surface area contributed by atoms with Gasteiger partial charge in [0.2, 0.25) is 5.91 Å². The molecular formula is C34H39N5O3S. The fourth-order valence-corrected chi connectivity index (χ4v) is 6.05. The van der Waals surface area contributed by atoms with Crippen LogP contribution in [0, 0.1) is 6.92 Å². The second-order valence-electron chi connectivity index (χ2n) is 12.0. The van der Waals surface area contributed by atoms with Crippen molar-refractivity contribution in [3.63, 3.8) is 0 Å². The third-order valence-corrected chi connectivity index (χ3v) is 8.75. The van der Waals surface area contributed by atoms with Gasteiger partial charge in [0.1, 0.15) is 5.75 Å². The summed E-state index contributed by atoms with van der Waals surface area (Å²) in [5, 5.41) is 9.62. The molecule has 5 rings (SSSR count).